The first-order valence-electron chi connectivity index (χ1n) is 7.41. The van der Waals surface area contributed by atoms with E-state index >= 15 is 0 Å². The van der Waals surface area contributed by atoms with Gasteiger partial charge in [0.2, 0.25) is 5.91 Å². The van der Waals surface area contributed by atoms with Crippen molar-refractivity contribution >= 4 is 23.3 Å². The first-order valence-corrected chi connectivity index (χ1v) is 7.41. The second kappa shape index (κ2) is 8.03. The molecule has 1 aromatic heterocycles. The first-order chi connectivity index (χ1) is 11.1. The average Bonchev–Trinajstić information content (AvgIpc) is 2.54. The molecule has 6 heteroatoms. The van der Waals surface area contributed by atoms with Crippen molar-refractivity contribution in [1.82, 2.24) is 4.98 Å². The Kier molecular flexibility index (Phi) is 5.80. The Morgan fingerprint density at radius 1 is 1.17 bits per heavy atom. The van der Waals surface area contributed by atoms with Gasteiger partial charge >= 0.3 is 0 Å². The standard InChI is InChI=1S/C17H18FN3O2/c1-2-3-7-16(22)20-14-8-9-15(19-11-14)21-17(23)12-5-4-6-13(18)10-12/h4-6,8-11H,2-3,7H2,1H3,(H,20,22)(H,19,21,23). The van der Waals surface area contributed by atoms with Crippen LogP contribution in [0.25, 0.3) is 0 Å². The Bertz CT molecular complexity index is 686. The van der Waals surface area contributed by atoms with Crippen LogP contribution in [0.1, 0.15) is 36.5 Å². The maximum Gasteiger partial charge on any atom is 0.256 e. The minimum Gasteiger partial charge on any atom is -0.325 e. The molecule has 0 bridgehead atoms. The van der Waals surface area contributed by atoms with Crippen molar-refractivity contribution in [3.63, 3.8) is 0 Å². The summed E-state index contributed by atoms with van der Waals surface area (Å²) in [5, 5.41) is 5.30. The fourth-order valence-electron chi connectivity index (χ4n) is 1.92. The van der Waals surface area contributed by atoms with Crippen LogP contribution in [0.3, 0.4) is 0 Å². The number of halogens is 1. The summed E-state index contributed by atoms with van der Waals surface area (Å²) in [5.74, 6) is -0.663. The third kappa shape index (κ3) is 5.18. The number of anilines is 2. The molecule has 2 rings (SSSR count). The van der Waals surface area contributed by atoms with Crippen LogP contribution in [0, 0.1) is 5.82 Å². The van der Waals surface area contributed by atoms with Crippen molar-refractivity contribution < 1.29 is 14.0 Å². The topological polar surface area (TPSA) is 71.1 Å². The molecule has 0 atom stereocenters. The zero-order valence-electron chi connectivity index (χ0n) is 12.8. The largest absolute Gasteiger partial charge is 0.325 e. The number of rotatable bonds is 6. The minimum absolute atomic E-state index is 0.0646. The highest BCUT2D eigenvalue weighted by Crippen LogP contribution is 2.12. The molecular weight excluding hydrogens is 297 g/mol. The normalized spacial score (nSPS) is 10.2. The van der Waals surface area contributed by atoms with Crippen molar-refractivity contribution in [2.45, 2.75) is 26.2 Å². The van der Waals surface area contributed by atoms with Gasteiger partial charge in [-0.05, 0) is 36.8 Å². The second-order valence-corrected chi connectivity index (χ2v) is 5.05. The van der Waals surface area contributed by atoms with E-state index in [0.717, 1.165) is 18.9 Å². The minimum atomic E-state index is -0.476. The van der Waals surface area contributed by atoms with Crippen molar-refractivity contribution in [3.05, 3.63) is 54.0 Å². The summed E-state index contributed by atoms with van der Waals surface area (Å²) in [5.41, 5.74) is 0.776. The van der Waals surface area contributed by atoms with Crippen LogP contribution in [-0.4, -0.2) is 16.8 Å². The van der Waals surface area contributed by atoms with Gasteiger partial charge < -0.3 is 10.6 Å². The number of unbranched alkanes of at least 4 members (excludes halogenated alkanes) is 1. The van der Waals surface area contributed by atoms with Gasteiger partial charge in [-0.2, -0.15) is 0 Å². The van der Waals surface area contributed by atoms with Crippen LogP contribution in [0.4, 0.5) is 15.9 Å². The first kappa shape index (κ1) is 16.6. The van der Waals surface area contributed by atoms with Crippen LogP contribution in [0.5, 0.6) is 0 Å². The van der Waals surface area contributed by atoms with Gasteiger partial charge in [-0.1, -0.05) is 19.4 Å². The van der Waals surface area contributed by atoms with Crippen LogP contribution in [-0.2, 0) is 4.79 Å². The van der Waals surface area contributed by atoms with Crippen molar-refractivity contribution in [2.75, 3.05) is 10.6 Å². The maximum atomic E-state index is 13.1. The lowest BCUT2D eigenvalue weighted by molar-refractivity contribution is -0.116. The highest BCUT2D eigenvalue weighted by molar-refractivity contribution is 6.03. The predicted molar refractivity (Wildman–Crippen MR) is 86.7 cm³/mol. The maximum absolute atomic E-state index is 13.1. The Morgan fingerprint density at radius 2 is 2.00 bits per heavy atom. The number of nitrogens with zero attached hydrogens (tertiary/aromatic N) is 1. The van der Waals surface area contributed by atoms with Crippen LogP contribution >= 0.6 is 0 Å². The van der Waals surface area contributed by atoms with Gasteiger partial charge in [-0.25, -0.2) is 9.37 Å². The molecule has 1 aromatic carbocycles. The summed E-state index contributed by atoms with van der Waals surface area (Å²) in [6.45, 7) is 2.02. The van der Waals surface area contributed by atoms with Crippen molar-refractivity contribution in [3.8, 4) is 0 Å². The highest BCUT2D eigenvalue weighted by Gasteiger charge is 2.08. The lowest BCUT2D eigenvalue weighted by Crippen LogP contribution is -2.14. The second-order valence-electron chi connectivity index (χ2n) is 5.05. The number of amides is 2. The molecule has 5 nitrogen and oxygen atoms in total. The highest BCUT2D eigenvalue weighted by atomic mass is 19.1. The van der Waals surface area contributed by atoms with Gasteiger partial charge in [0.15, 0.2) is 0 Å². The van der Waals surface area contributed by atoms with E-state index in [4.69, 9.17) is 0 Å². The number of carbonyl (C=O) groups excluding carboxylic acids is 2. The number of carbonyl (C=O) groups is 2. The summed E-state index contributed by atoms with van der Waals surface area (Å²) < 4.78 is 13.1. The van der Waals surface area contributed by atoms with E-state index in [0.29, 0.717) is 17.9 Å². The summed E-state index contributed by atoms with van der Waals surface area (Å²) >= 11 is 0. The number of hydrogen-bond acceptors (Lipinski definition) is 3. The van der Waals surface area contributed by atoms with E-state index in [-0.39, 0.29) is 11.5 Å². The summed E-state index contributed by atoms with van der Waals surface area (Å²) in [4.78, 5) is 27.6. The summed E-state index contributed by atoms with van der Waals surface area (Å²) in [6, 6.07) is 8.63. The molecule has 2 amide bonds. The van der Waals surface area contributed by atoms with E-state index < -0.39 is 11.7 Å². The smallest absolute Gasteiger partial charge is 0.256 e. The van der Waals surface area contributed by atoms with Crippen molar-refractivity contribution in [2.24, 2.45) is 0 Å². The molecular formula is C17H18FN3O2. The lowest BCUT2D eigenvalue weighted by atomic mass is 10.2. The van der Waals surface area contributed by atoms with E-state index in [1.54, 1.807) is 12.1 Å². The number of hydrogen-bond donors (Lipinski definition) is 2. The molecule has 0 saturated carbocycles. The Labute approximate surface area is 133 Å². The summed E-state index contributed by atoms with van der Waals surface area (Å²) in [7, 11) is 0. The Morgan fingerprint density at radius 3 is 2.65 bits per heavy atom. The number of benzene rings is 1. The molecule has 120 valence electrons. The van der Waals surface area contributed by atoms with Crippen molar-refractivity contribution in [1.29, 1.82) is 0 Å². The summed E-state index contributed by atoms with van der Waals surface area (Å²) in [6.07, 6.45) is 3.72. The SMILES string of the molecule is CCCCC(=O)Nc1ccc(NC(=O)c2cccc(F)c2)nc1. The number of nitrogens with one attached hydrogen (secondary N) is 2. The molecule has 23 heavy (non-hydrogen) atoms. The van der Waals surface area contributed by atoms with E-state index in [1.807, 2.05) is 6.92 Å². The third-order valence-corrected chi connectivity index (χ3v) is 3.13. The van der Waals surface area contributed by atoms with Crippen LogP contribution in [0.2, 0.25) is 0 Å². The van der Waals surface area contributed by atoms with E-state index in [9.17, 15) is 14.0 Å². The van der Waals surface area contributed by atoms with Gasteiger partial charge in [0.25, 0.3) is 5.91 Å². The van der Waals surface area contributed by atoms with Gasteiger partial charge in [0.05, 0.1) is 11.9 Å². The molecule has 0 unspecified atom stereocenters. The molecule has 0 radical (unpaired) electrons. The molecule has 0 aliphatic rings. The Balaban J connectivity index is 1.94. The Hall–Kier alpha value is -2.76. The molecule has 0 aliphatic heterocycles. The van der Waals surface area contributed by atoms with E-state index in [1.165, 1.54) is 24.4 Å². The quantitative estimate of drug-likeness (QED) is 0.855. The zero-order valence-corrected chi connectivity index (χ0v) is 12.8. The molecule has 0 saturated heterocycles. The monoisotopic (exact) mass is 315 g/mol. The van der Waals surface area contributed by atoms with Gasteiger partial charge in [0.1, 0.15) is 11.6 Å². The molecule has 2 N–H and O–H groups in total. The van der Waals surface area contributed by atoms with Gasteiger partial charge in [-0.15, -0.1) is 0 Å². The number of pyridine rings is 1. The fraction of sp³-hybridized carbons (Fsp3) is 0.235. The fourth-order valence-corrected chi connectivity index (χ4v) is 1.92. The third-order valence-electron chi connectivity index (χ3n) is 3.13. The van der Waals surface area contributed by atoms with Crippen LogP contribution < -0.4 is 10.6 Å². The van der Waals surface area contributed by atoms with E-state index in [2.05, 4.69) is 15.6 Å². The van der Waals surface area contributed by atoms with Gasteiger partial charge in [0, 0.05) is 12.0 Å². The zero-order chi connectivity index (χ0) is 16.7. The molecule has 0 aliphatic carbocycles. The molecule has 1 heterocycles. The predicted octanol–water partition coefficient (Wildman–Crippen LogP) is 3.60. The lowest BCUT2D eigenvalue weighted by Gasteiger charge is -2.07. The molecule has 2 aromatic rings. The average molecular weight is 315 g/mol. The molecule has 0 spiro atoms. The number of aromatic nitrogens is 1. The van der Waals surface area contributed by atoms with Gasteiger partial charge in [-0.3, -0.25) is 9.59 Å². The molecule has 0 fully saturated rings. The van der Waals surface area contributed by atoms with Crippen LogP contribution in [0.15, 0.2) is 42.6 Å².